The van der Waals surface area contributed by atoms with Crippen LogP contribution < -0.4 is 10.5 Å². The number of hydrogen-bond donors (Lipinski definition) is 1. The first kappa shape index (κ1) is 14.7. The van der Waals surface area contributed by atoms with Crippen molar-refractivity contribution >= 4 is 17.2 Å². The van der Waals surface area contributed by atoms with E-state index in [9.17, 15) is 13.2 Å². The van der Waals surface area contributed by atoms with Gasteiger partial charge in [0.15, 0.2) is 0 Å². The van der Waals surface area contributed by atoms with Gasteiger partial charge in [-0.2, -0.15) is 13.2 Å². The number of halogens is 3. The zero-order valence-corrected chi connectivity index (χ0v) is 10.6. The highest BCUT2D eigenvalue weighted by atomic mass is 32.1. The summed E-state index contributed by atoms with van der Waals surface area (Å²) in [6.07, 6.45) is -5.14. The van der Waals surface area contributed by atoms with E-state index in [1.54, 1.807) is 13.0 Å². The van der Waals surface area contributed by atoms with Crippen LogP contribution in [0, 0.1) is 6.92 Å². The van der Waals surface area contributed by atoms with Gasteiger partial charge in [-0.25, -0.2) is 4.98 Å². The van der Waals surface area contributed by atoms with E-state index in [0.717, 1.165) is 0 Å². The van der Waals surface area contributed by atoms with Gasteiger partial charge in [0, 0.05) is 23.7 Å². The van der Waals surface area contributed by atoms with Gasteiger partial charge in [-0.3, -0.25) is 0 Å². The molecule has 1 aromatic heterocycles. The normalized spacial score (nSPS) is 11.3. The molecule has 0 fully saturated rings. The Kier molecular flexibility index (Phi) is 4.89. The number of aryl methyl sites for hydroxylation is 1. The van der Waals surface area contributed by atoms with Gasteiger partial charge in [0.1, 0.15) is 4.99 Å². The second-order valence-electron chi connectivity index (χ2n) is 3.77. The van der Waals surface area contributed by atoms with Crippen molar-refractivity contribution in [2.45, 2.75) is 25.9 Å². The van der Waals surface area contributed by atoms with Gasteiger partial charge >= 0.3 is 6.18 Å². The van der Waals surface area contributed by atoms with Gasteiger partial charge in [0.25, 0.3) is 0 Å². The molecule has 0 aliphatic rings. The van der Waals surface area contributed by atoms with E-state index < -0.39 is 12.6 Å². The Balaban J connectivity index is 2.55. The number of ether oxygens (including phenoxy) is 1. The van der Waals surface area contributed by atoms with Crippen LogP contribution >= 0.6 is 12.2 Å². The van der Waals surface area contributed by atoms with E-state index in [0.29, 0.717) is 11.3 Å². The highest BCUT2D eigenvalue weighted by molar-refractivity contribution is 7.80. The van der Waals surface area contributed by atoms with Crippen LogP contribution in [-0.4, -0.2) is 22.8 Å². The standard InChI is InChI=1S/C11H13F3N2OS/c1-7-5-8(10(15)18)6-9(16-7)17-4-2-3-11(12,13)14/h5-6H,2-4H2,1H3,(H2,15,18). The molecule has 18 heavy (non-hydrogen) atoms. The van der Waals surface area contributed by atoms with Crippen molar-refractivity contribution < 1.29 is 17.9 Å². The van der Waals surface area contributed by atoms with Crippen molar-refractivity contribution in [2.24, 2.45) is 5.73 Å². The first-order chi connectivity index (χ1) is 8.28. The number of aromatic nitrogens is 1. The largest absolute Gasteiger partial charge is 0.478 e. The molecule has 7 heteroatoms. The lowest BCUT2D eigenvalue weighted by molar-refractivity contribution is -0.136. The molecule has 0 unspecified atom stereocenters. The SMILES string of the molecule is Cc1cc(C(N)=S)cc(OCCCC(F)(F)F)n1. The van der Waals surface area contributed by atoms with Crippen LogP contribution in [0.2, 0.25) is 0 Å². The Morgan fingerprint density at radius 3 is 2.67 bits per heavy atom. The second kappa shape index (κ2) is 5.99. The fraction of sp³-hybridized carbons (Fsp3) is 0.455. The molecule has 0 aliphatic carbocycles. The van der Waals surface area contributed by atoms with Crippen LogP contribution in [-0.2, 0) is 0 Å². The monoisotopic (exact) mass is 278 g/mol. The minimum Gasteiger partial charge on any atom is -0.478 e. The summed E-state index contributed by atoms with van der Waals surface area (Å²) in [4.78, 5) is 4.23. The molecule has 3 nitrogen and oxygen atoms in total. The van der Waals surface area contributed by atoms with Gasteiger partial charge in [-0.05, 0) is 19.4 Å². The minimum absolute atomic E-state index is 0.0489. The Morgan fingerprint density at radius 2 is 2.11 bits per heavy atom. The summed E-state index contributed by atoms with van der Waals surface area (Å²) in [5.41, 5.74) is 6.69. The van der Waals surface area contributed by atoms with Crippen molar-refractivity contribution in [1.29, 1.82) is 0 Å². The fourth-order valence-electron chi connectivity index (χ4n) is 1.30. The third-order valence-corrected chi connectivity index (χ3v) is 2.30. The number of nitrogens with zero attached hydrogens (tertiary/aromatic N) is 1. The lowest BCUT2D eigenvalue weighted by Gasteiger charge is -2.09. The van der Waals surface area contributed by atoms with Crippen LogP contribution in [0.4, 0.5) is 13.2 Å². The van der Waals surface area contributed by atoms with E-state index in [4.69, 9.17) is 22.7 Å². The molecule has 100 valence electrons. The van der Waals surface area contributed by atoms with Gasteiger partial charge in [-0.1, -0.05) is 12.2 Å². The number of nitrogens with two attached hydrogens (primary N) is 1. The Hall–Kier alpha value is -1.37. The summed E-state index contributed by atoms with van der Waals surface area (Å²) < 4.78 is 40.9. The predicted octanol–water partition coefficient (Wildman–Crippen LogP) is 2.75. The van der Waals surface area contributed by atoms with Gasteiger partial charge < -0.3 is 10.5 Å². The van der Waals surface area contributed by atoms with E-state index in [2.05, 4.69) is 4.98 Å². The number of hydrogen-bond acceptors (Lipinski definition) is 3. The lowest BCUT2D eigenvalue weighted by atomic mass is 10.2. The highest BCUT2D eigenvalue weighted by Crippen LogP contribution is 2.21. The third-order valence-electron chi connectivity index (χ3n) is 2.07. The smallest absolute Gasteiger partial charge is 0.389 e. The Morgan fingerprint density at radius 1 is 1.44 bits per heavy atom. The minimum atomic E-state index is -4.16. The van der Waals surface area contributed by atoms with Crippen molar-refractivity contribution in [1.82, 2.24) is 4.98 Å². The van der Waals surface area contributed by atoms with Crippen LogP contribution in [0.1, 0.15) is 24.1 Å². The van der Waals surface area contributed by atoms with Crippen LogP contribution in [0.3, 0.4) is 0 Å². The van der Waals surface area contributed by atoms with Gasteiger partial charge in [-0.15, -0.1) is 0 Å². The van der Waals surface area contributed by atoms with E-state index >= 15 is 0 Å². The van der Waals surface area contributed by atoms with Crippen LogP contribution in [0.25, 0.3) is 0 Å². The molecule has 0 saturated carbocycles. The topological polar surface area (TPSA) is 48.1 Å². The van der Waals surface area contributed by atoms with Crippen molar-refractivity contribution in [3.05, 3.63) is 23.4 Å². The lowest BCUT2D eigenvalue weighted by Crippen LogP contribution is -2.12. The molecule has 0 spiro atoms. The van der Waals surface area contributed by atoms with E-state index in [1.165, 1.54) is 6.07 Å². The Labute approximate surface area is 108 Å². The Bertz CT molecular complexity index is 435. The molecule has 0 amide bonds. The van der Waals surface area contributed by atoms with Crippen molar-refractivity contribution in [3.63, 3.8) is 0 Å². The fourth-order valence-corrected chi connectivity index (χ4v) is 1.42. The van der Waals surface area contributed by atoms with Gasteiger partial charge in [0.05, 0.1) is 6.61 Å². The maximum absolute atomic E-state index is 11.9. The summed E-state index contributed by atoms with van der Waals surface area (Å²) in [7, 11) is 0. The number of pyridine rings is 1. The van der Waals surface area contributed by atoms with E-state index in [-0.39, 0.29) is 23.9 Å². The molecule has 0 bridgehead atoms. The maximum Gasteiger partial charge on any atom is 0.389 e. The average Bonchev–Trinajstić information content (AvgIpc) is 2.22. The van der Waals surface area contributed by atoms with Crippen LogP contribution in [0.15, 0.2) is 12.1 Å². The number of rotatable bonds is 5. The quantitative estimate of drug-likeness (QED) is 0.664. The molecule has 0 aromatic carbocycles. The molecule has 1 aromatic rings. The number of alkyl halides is 3. The highest BCUT2D eigenvalue weighted by Gasteiger charge is 2.26. The maximum atomic E-state index is 11.9. The average molecular weight is 278 g/mol. The number of thiocarbonyl (C=S) groups is 1. The first-order valence-electron chi connectivity index (χ1n) is 5.26. The summed E-state index contributed by atoms with van der Waals surface area (Å²) in [5.74, 6) is 0.236. The molecule has 0 radical (unpaired) electrons. The zero-order chi connectivity index (χ0) is 13.8. The second-order valence-corrected chi connectivity index (χ2v) is 4.21. The molecule has 0 atom stereocenters. The molecule has 2 N–H and O–H groups in total. The summed E-state index contributed by atoms with van der Waals surface area (Å²) in [6.45, 7) is 1.68. The summed E-state index contributed by atoms with van der Waals surface area (Å²) >= 11 is 4.81. The summed E-state index contributed by atoms with van der Waals surface area (Å²) in [5, 5.41) is 0. The molecular formula is C11H13F3N2OS. The van der Waals surface area contributed by atoms with Gasteiger partial charge in [0.2, 0.25) is 5.88 Å². The first-order valence-corrected chi connectivity index (χ1v) is 5.67. The third kappa shape index (κ3) is 5.31. The molecule has 1 heterocycles. The van der Waals surface area contributed by atoms with E-state index in [1.807, 2.05) is 0 Å². The molecule has 0 aliphatic heterocycles. The van der Waals surface area contributed by atoms with Crippen molar-refractivity contribution in [2.75, 3.05) is 6.61 Å². The van der Waals surface area contributed by atoms with Crippen molar-refractivity contribution in [3.8, 4) is 5.88 Å². The zero-order valence-electron chi connectivity index (χ0n) is 9.75. The molecule has 1 rings (SSSR count). The predicted molar refractivity (Wildman–Crippen MR) is 65.6 cm³/mol. The molecular weight excluding hydrogens is 265 g/mol. The summed E-state index contributed by atoms with van der Waals surface area (Å²) in [6, 6.07) is 3.20. The molecule has 0 saturated heterocycles. The van der Waals surface area contributed by atoms with Crippen LogP contribution in [0.5, 0.6) is 5.88 Å².